The Hall–Kier alpha value is -2.45. The highest BCUT2D eigenvalue weighted by Crippen LogP contribution is 2.27. The minimum Gasteiger partial charge on any atom is -0.505 e. The SMILES string of the molecule is O=C(Nc1cccc(C(=O)O)c1O)OCC(F)(F)F. The van der Waals surface area contributed by atoms with Crippen molar-refractivity contribution in [3.8, 4) is 5.75 Å². The fraction of sp³-hybridized carbons (Fsp3) is 0.200. The van der Waals surface area contributed by atoms with E-state index in [1.807, 2.05) is 0 Å². The minimum absolute atomic E-state index is 0.368. The summed E-state index contributed by atoms with van der Waals surface area (Å²) in [7, 11) is 0. The number of carboxylic acids is 1. The van der Waals surface area contributed by atoms with Gasteiger partial charge < -0.3 is 14.9 Å². The number of hydrogen-bond donors (Lipinski definition) is 3. The van der Waals surface area contributed by atoms with Crippen molar-refractivity contribution in [1.29, 1.82) is 0 Å². The molecule has 1 rings (SSSR count). The van der Waals surface area contributed by atoms with Gasteiger partial charge in [0.05, 0.1) is 5.69 Å². The van der Waals surface area contributed by atoms with Gasteiger partial charge in [0.15, 0.2) is 12.4 Å². The van der Waals surface area contributed by atoms with Crippen LogP contribution < -0.4 is 5.32 Å². The molecule has 104 valence electrons. The van der Waals surface area contributed by atoms with Crippen molar-refractivity contribution < 1.29 is 37.7 Å². The van der Waals surface area contributed by atoms with Gasteiger partial charge in [-0.2, -0.15) is 13.2 Å². The predicted octanol–water partition coefficient (Wildman–Crippen LogP) is 2.20. The largest absolute Gasteiger partial charge is 0.505 e. The third kappa shape index (κ3) is 4.37. The number of benzene rings is 1. The topological polar surface area (TPSA) is 95.9 Å². The van der Waals surface area contributed by atoms with Crippen LogP contribution in [0.5, 0.6) is 5.75 Å². The number of carbonyl (C=O) groups excluding carboxylic acids is 1. The van der Waals surface area contributed by atoms with Crippen LogP contribution in [-0.2, 0) is 4.74 Å². The normalized spacial score (nSPS) is 10.9. The number of aromatic hydroxyl groups is 1. The molecule has 0 saturated carbocycles. The maximum atomic E-state index is 11.8. The average molecular weight is 279 g/mol. The Balaban J connectivity index is 2.75. The number of aromatic carboxylic acids is 1. The number of phenols is 1. The zero-order valence-corrected chi connectivity index (χ0v) is 9.19. The molecule has 9 heteroatoms. The van der Waals surface area contributed by atoms with E-state index in [1.165, 1.54) is 6.07 Å². The van der Waals surface area contributed by atoms with Crippen molar-refractivity contribution in [2.75, 3.05) is 11.9 Å². The molecule has 0 heterocycles. The predicted molar refractivity (Wildman–Crippen MR) is 56.1 cm³/mol. The first-order valence-corrected chi connectivity index (χ1v) is 4.76. The molecule has 1 aromatic rings. The molecule has 0 aliphatic carbocycles. The molecule has 19 heavy (non-hydrogen) atoms. The highest BCUT2D eigenvalue weighted by Gasteiger charge is 2.29. The lowest BCUT2D eigenvalue weighted by atomic mass is 10.2. The van der Waals surface area contributed by atoms with E-state index < -0.39 is 36.2 Å². The molecule has 0 radical (unpaired) electrons. The van der Waals surface area contributed by atoms with Crippen molar-refractivity contribution in [3.05, 3.63) is 23.8 Å². The first-order chi connectivity index (χ1) is 8.70. The van der Waals surface area contributed by atoms with Crippen molar-refractivity contribution in [2.24, 2.45) is 0 Å². The maximum Gasteiger partial charge on any atom is 0.422 e. The molecule has 1 aromatic carbocycles. The number of para-hydroxylation sites is 1. The van der Waals surface area contributed by atoms with Gasteiger partial charge in [0.25, 0.3) is 0 Å². The second-order valence-electron chi connectivity index (χ2n) is 3.32. The second kappa shape index (κ2) is 5.46. The van der Waals surface area contributed by atoms with Crippen LogP contribution >= 0.6 is 0 Å². The van der Waals surface area contributed by atoms with E-state index in [0.717, 1.165) is 12.1 Å². The van der Waals surface area contributed by atoms with Crippen molar-refractivity contribution in [1.82, 2.24) is 0 Å². The number of ether oxygens (including phenoxy) is 1. The van der Waals surface area contributed by atoms with Crippen LogP contribution in [0, 0.1) is 0 Å². The summed E-state index contributed by atoms with van der Waals surface area (Å²) in [5, 5.41) is 19.9. The zero-order chi connectivity index (χ0) is 14.6. The summed E-state index contributed by atoms with van der Waals surface area (Å²) in [6.07, 6.45) is -6.14. The first kappa shape index (κ1) is 14.6. The molecule has 1 amide bonds. The van der Waals surface area contributed by atoms with Gasteiger partial charge >= 0.3 is 18.2 Å². The lowest BCUT2D eigenvalue weighted by Gasteiger charge is -2.10. The summed E-state index contributed by atoms with van der Waals surface area (Å²) in [5.41, 5.74) is -0.874. The highest BCUT2D eigenvalue weighted by atomic mass is 19.4. The fourth-order valence-electron chi connectivity index (χ4n) is 1.11. The Morgan fingerprint density at radius 1 is 1.32 bits per heavy atom. The van der Waals surface area contributed by atoms with E-state index in [1.54, 1.807) is 5.32 Å². The molecule has 0 aliphatic rings. The first-order valence-electron chi connectivity index (χ1n) is 4.76. The molecule has 0 fully saturated rings. The van der Waals surface area contributed by atoms with E-state index in [2.05, 4.69) is 4.74 Å². The Bertz CT molecular complexity index is 500. The lowest BCUT2D eigenvalue weighted by molar-refractivity contribution is -0.159. The van der Waals surface area contributed by atoms with Crippen LogP contribution in [0.1, 0.15) is 10.4 Å². The number of rotatable bonds is 3. The summed E-state index contributed by atoms with van der Waals surface area (Å²) >= 11 is 0. The van der Waals surface area contributed by atoms with Crippen molar-refractivity contribution in [3.63, 3.8) is 0 Å². The average Bonchev–Trinajstić information content (AvgIpc) is 2.28. The van der Waals surface area contributed by atoms with E-state index >= 15 is 0 Å². The maximum absolute atomic E-state index is 11.8. The van der Waals surface area contributed by atoms with Gasteiger partial charge in [0, 0.05) is 0 Å². The van der Waals surface area contributed by atoms with Crippen LogP contribution in [0.15, 0.2) is 18.2 Å². The lowest BCUT2D eigenvalue weighted by Crippen LogP contribution is -2.23. The molecule has 3 N–H and O–H groups in total. The molecule has 0 unspecified atom stereocenters. The van der Waals surface area contributed by atoms with Gasteiger partial charge in [0.2, 0.25) is 0 Å². The molecular formula is C10H8F3NO5. The van der Waals surface area contributed by atoms with E-state index in [4.69, 9.17) is 5.11 Å². The van der Waals surface area contributed by atoms with E-state index in [0.29, 0.717) is 0 Å². The monoisotopic (exact) mass is 279 g/mol. The number of amides is 1. The Morgan fingerprint density at radius 2 is 1.95 bits per heavy atom. The van der Waals surface area contributed by atoms with Gasteiger partial charge in [-0.25, -0.2) is 9.59 Å². The third-order valence-electron chi connectivity index (χ3n) is 1.87. The zero-order valence-electron chi connectivity index (χ0n) is 9.19. The summed E-state index contributed by atoms with van der Waals surface area (Å²) in [5.74, 6) is -2.23. The standard InChI is InChI=1S/C10H8F3NO5/c11-10(12,13)4-19-9(18)14-6-3-1-2-5(7(6)15)8(16)17/h1-3,15H,4H2,(H,14,18)(H,16,17). The second-order valence-corrected chi connectivity index (χ2v) is 3.32. The number of carbonyl (C=O) groups is 2. The van der Waals surface area contributed by atoms with Crippen LogP contribution in [0.3, 0.4) is 0 Å². The quantitative estimate of drug-likeness (QED) is 0.737. The van der Waals surface area contributed by atoms with E-state index in [-0.39, 0.29) is 5.69 Å². The van der Waals surface area contributed by atoms with Gasteiger partial charge in [-0.15, -0.1) is 0 Å². The van der Waals surface area contributed by atoms with E-state index in [9.17, 15) is 27.9 Å². The smallest absolute Gasteiger partial charge is 0.422 e. The molecule has 0 bridgehead atoms. The third-order valence-corrected chi connectivity index (χ3v) is 1.87. The Kier molecular flexibility index (Phi) is 4.20. The minimum atomic E-state index is -4.68. The summed E-state index contributed by atoms with van der Waals surface area (Å²) in [4.78, 5) is 21.7. The van der Waals surface area contributed by atoms with Crippen molar-refractivity contribution >= 4 is 17.7 Å². The summed E-state index contributed by atoms with van der Waals surface area (Å²) in [6.45, 7) is -1.79. The molecule has 0 aromatic heterocycles. The van der Waals surface area contributed by atoms with Crippen LogP contribution in [0.4, 0.5) is 23.7 Å². The van der Waals surface area contributed by atoms with Crippen molar-refractivity contribution in [2.45, 2.75) is 6.18 Å². The number of hydrogen-bond acceptors (Lipinski definition) is 4. The molecule has 6 nitrogen and oxygen atoms in total. The molecule has 0 atom stereocenters. The highest BCUT2D eigenvalue weighted by molar-refractivity contribution is 5.96. The number of anilines is 1. The summed E-state index contributed by atoms with van der Waals surface area (Å²) in [6, 6.07) is 3.36. The fourth-order valence-corrected chi connectivity index (χ4v) is 1.11. The van der Waals surface area contributed by atoms with Gasteiger partial charge in [0.1, 0.15) is 5.56 Å². The number of alkyl halides is 3. The van der Waals surface area contributed by atoms with Gasteiger partial charge in [-0.3, -0.25) is 5.32 Å². The number of carboxylic acid groups (broad SMARTS) is 1. The number of nitrogens with one attached hydrogen (secondary N) is 1. The van der Waals surface area contributed by atoms with Crippen LogP contribution in [0.2, 0.25) is 0 Å². The van der Waals surface area contributed by atoms with Gasteiger partial charge in [-0.05, 0) is 12.1 Å². The molecule has 0 aliphatic heterocycles. The molecular weight excluding hydrogens is 271 g/mol. The van der Waals surface area contributed by atoms with Crippen LogP contribution in [-0.4, -0.2) is 35.1 Å². The molecule has 0 spiro atoms. The Labute approximate surface area is 104 Å². The van der Waals surface area contributed by atoms with Crippen LogP contribution in [0.25, 0.3) is 0 Å². The van der Waals surface area contributed by atoms with Gasteiger partial charge in [-0.1, -0.05) is 6.07 Å². The summed E-state index contributed by atoms with van der Waals surface area (Å²) < 4.78 is 39.1. The number of halogens is 3. The molecule has 0 saturated heterocycles. The Morgan fingerprint density at radius 3 is 2.47 bits per heavy atom.